The van der Waals surface area contributed by atoms with E-state index in [0.717, 1.165) is 11.8 Å². The van der Waals surface area contributed by atoms with Crippen LogP contribution in [0.4, 0.5) is 10.1 Å². The monoisotopic (exact) mass is 644 g/mol. The summed E-state index contributed by atoms with van der Waals surface area (Å²) in [6.07, 6.45) is 0. The Labute approximate surface area is 256 Å². The van der Waals surface area contributed by atoms with Gasteiger partial charge < -0.3 is 15.4 Å². The number of hydrogen-bond acceptors (Lipinski definition) is 8. The molecule has 1 aliphatic rings. The maximum absolute atomic E-state index is 13.9. The molecule has 1 fully saturated rings. The second kappa shape index (κ2) is 13.7. The molecule has 2 amide bonds. The van der Waals surface area contributed by atoms with E-state index in [0.29, 0.717) is 34.9 Å². The van der Waals surface area contributed by atoms with E-state index < -0.39 is 27.7 Å². The molecule has 1 saturated heterocycles. The third kappa shape index (κ3) is 7.40. The fourth-order valence-corrected chi connectivity index (χ4v) is 6.60. The van der Waals surface area contributed by atoms with Crippen molar-refractivity contribution in [1.29, 1.82) is 0 Å². The largest absolute Gasteiger partial charge is 0.379 e. The molecule has 0 bridgehead atoms. The standard InChI is InChI=1S/C28H26ClFN6O5S2/c29-20-4-3-5-21(16-20)36-25(33-34-28(36)42-18-26(37)32-24-7-2-1-6-23(24)30)17-31-27(38)19-8-10-22(11-9-19)43(39,40)35-12-14-41-15-13-35/h1-11,16H,12-15,17-18H2,(H,31,38)(H,32,37). The van der Waals surface area contributed by atoms with E-state index in [9.17, 15) is 22.4 Å². The number of rotatable bonds is 10. The smallest absolute Gasteiger partial charge is 0.251 e. The van der Waals surface area contributed by atoms with Crippen LogP contribution < -0.4 is 10.6 Å². The predicted octanol–water partition coefficient (Wildman–Crippen LogP) is 3.74. The molecule has 5 rings (SSSR count). The molecular weight excluding hydrogens is 619 g/mol. The van der Waals surface area contributed by atoms with Gasteiger partial charge in [-0.25, -0.2) is 12.8 Å². The average molecular weight is 645 g/mol. The molecule has 11 nitrogen and oxygen atoms in total. The third-order valence-electron chi connectivity index (χ3n) is 6.38. The van der Waals surface area contributed by atoms with Crippen molar-refractivity contribution in [1.82, 2.24) is 24.4 Å². The average Bonchev–Trinajstić information content (AvgIpc) is 3.43. The van der Waals surface area contributed by atoms with Gasteiger partial charge in [-0.05, 0) is 54.6 Å². The number of nitrogens with zero attached hydrogens (tertiary/aromatic N) is 4. The molecule has 3 aromatic carbocycles. The predicted molar refractivity (Wildman–Crippen MR) is 159 cm³/mol. The van der Waals surface area contributed by atoms with Gasteiger partial charge in [-0.1, -0.05) is 41.6 Å². The second-order valence-corrected chi connectivity index (χ2v) is 12.6. The van der Waals surface area contributed by atoms with Crippen molar-refractivity contribution >= 4 is 50.9 Å². The number of ether oxygens (including phenoxy) is 1. The molecule has 0 unspecified atom stereocenters. The van der Waals surface area contributed by atoms with Gasteiger partial charge in [0.2, 0.25) is 15.9 Å². The Bertz CT molecular complexity index is 1730. The van der Waals surface area contributed by atoms with Crippen LogP contribution >= 0.6 is 23.4 Å². The summed E-state index contributed by atoms with van der Waals surface area (Å²) in [6, 6.07) is 18.4. The van der Waals surface area contributed by atoms with E-state index in [1.165, 1.54) is 46.8 Å². The van der Waals surface area contributed by atoms with Gasteiger partial charge in [-0.2, -0.15) is 4.31 Å². The number of benzene rings is 3. The quantitative estimate of drug-likeness (QED) is 0.249. The van der Waals surface area contributed by atoms with Crippen molar-refractivity contribution in [2.24, 2.45) is 0 Å². The van der Waals surface area contributed by atoms with Gasteiger partial charge in [0.1, 0.15) is 5.82 Å². The summed E-state index contributed by atoms with van der Waals surface area (Å²) >= 11 is 7.30. The highest BCUT2D eigenvalue weighted by Gasteiger charge is 2.26. The van der Waals surface area contributed by atoms with Crippen LogP contribution in [0.25, 0.3) is 5.69 Å². The Morgan fingerprint density at radius 1 is 1.00 bits per heavy atom. The molecule has 4 aromatic rings. The van der Waals surface area contributed by atoms with Crippen LogP contribution in [-0.4, -0.2) is 71.4 Å². The van der Waals surface area contributed by atoms with Gasteiger partial charge in [-0.3, -0.25) is 14.2 Å². The summed E-state index contributed by atoms with van der Waals surface area (Å²) in [7, 11) is -3.69. The molecule has 0 spiro atoms. The van der Waals surface area contributed by atoms with Gasteiger partial charge in [0, 0.05) is 23.7 Å². The Morgan fingerprint density at radius 3 is 2.47 bits per heavy atom. The van der Waals surface area contributed by atoms with Crippen LogP contribution in [-0.2, 0) is 26.1 Å². The summed E-state index contributed by atoms with van der Waals surface area (Å²) in [4.78, 5) is 25.6. The zero-order valence-corrected chi connectivity index (χ0v) is 25.0. The van der Waals surface area contributed by atoms with Crippen LogP contribution in [0.1, 0.15) is 16.2 Å². The molecule has 1 aromatic heterocycles. The van der Waals surface area contributed by atoms with Crippen LogP contribution in [0.2, 0.25) is 5.02 Å². The Balaban J connectivity index is 1.28. The van der Waals surface area contributed by atoms with Crippen molar-refractivity contribution in [3.05, 3.63) is 95.0 Å². The van der Waals surface area contributed by atoms with E-state index in [1.807, 2.05) is 0 Å². The van der Waals surface area contributed by atoms with Gasteiger partial charge in [-0.15, -0.1) is 10.2 Å². The van der Waals surface area contributed by atoms with Crippen LogP contribution in [0.3, 0.4) is 0 Å². The van der Waals surface area contributed by atoms with Crippen LogP contribution in [0.5, 0.6) is 0 Å². The number of hydrogen-bond donors (Lipinski definition) is 2. The molecule has 1 aliphatic heterocycles. The van der Waals surface area contributed by atoms with Crippen molar-refractivity contribution < 1.29 is 27.1 Å². The zero-order chi connectivity index (χ0) is 30.4. The summed E-state index contributed by atoms with van der Waals surface area (Å²) in [5.74, 6) is -1.16. The minimum atomic E-state index is -3.69. The number of halogens is 2. The molecular formula is C28H26ClFN6O5S2. The molecule has 0 saturated carbocycles. The maximum Gasteiger partial charge on any atom is 0.251 e. The molecule has 43 heavy (non-hydrogen) atoms. The van der Waals surface area contributed by atoms with Crippen LogP contribution in [0, 0.1) is 5.82 Å². The summed E-state index contributed by atoms with van der Waals surface area (Å²) in [6.45, 7) is 1.18. The fourth-order valence-electron chi connectivity index (χ4n) is 4.24. The van der Waals surface area contributed by atoms with Crippen molar-refractivity contribution in [2.45, 2.75) is 16.6 Å². The highest BCUT2D eigenvalue weighted by atomic mass is 35.5. The molecule has 15 heteroatoms. The van der Waals surface area contributed by atoms with Gasteiger partial charge >= 0.3 is 0 Å². The molecule has 2 heterocycles. The number of anilines is 1. The van der Waals surface area contributed by atoms with Crippen molar-refractivity contribution in [3.8, 4) is 5.69 Å². The second-order valence-electron chi connectivity index (χ2n) is 9.25. The number of thioether (sulfide) groups is 1. The van der Waals surface area contributed by atoms with E-state index in [-0.39, 0.29) is 41.5 Å². The highest BCUT2D eigenvalue weighted by Crippen LogP contribution is 2.25. The van der Waals surface area contributed by atoms with Gasteiger partial charge in [0.15, 0.2) is 11.0 Å². The summed E-state index contributed by atoms with van der Waals surface area (Å²) in [5.41, 5.74) is 0.935. The minimum absolute atomic E-state index is 0.0336. The van der Waals surface area contributed by atoms with E-state index in [1.54, 1.807) is 34.9 Å². The summed E-state index contributed by atoms with van der Waals surface area (Å²) in [5, 5.41) is 14.5. The number of amides is 2. The lowest BCUT2D eigenvalue weighted by Crippen LogP contribution is -2.40. The number of para-hydroxylation sites is 1. The molecule has 0 radical (unpaired) electrons. The van der Waals surface area contributed by atoms with E-state index in [2.05, 4.69) is 20.8 Å². The first-order valence-electron chi connectivity index (χ1n) is 13.1. The topological polar surface area (TPSA) is 136 Å². The zero-order valence-electron chi connectivity index (χ0n) is 22.6. The van der Waals surface area contributed by atoms with Gasteiger partial charge in [0.05, 0.1) is 41.8 Å². The first-order valence-corrected chi connectivity index (χ1v) is 15.9. The maximum atomic E-state index is 13.9. The highest BCUT2D eigenvalue weighted by molar-refractivity contribution is 7.99. The Hall–Kier alpha value is -3.82. The SMILES string of the molecule is O=C(CSc1nnc(CNC(=O)c2ccc(S(=O)(=O)N3CCOCC3)cc2)n1-c1cccc(Cl)c1)Nc1ccccc1F. The Morgan fingerprint density at radius 2 is 1.74 bits per heavy atom. The Kier molecular flexibility index (Phi) is 9.72. The first-order chi connectivity index (χ1) is 20.7. The number of nitrogens with one attached hydrogen (secondary N) is 2. The third-order valence-corrected chi connectivity index (χ3v) is 9.46. The fraction of sp³-hybridized carbons (Fsp3) is 0.214. The van der Waals surface area contributed by atoms with Crippen LogP contribution in [0.15, 0.2) is 82.8 Å². The van der Waals surface area contributed by atoms with Crippen molar-refractivity contribution in [2.75, 3.05) is 37.4 Å². The number of sulfonamides is 1. The molecule has 224 valence electrons. The minimum Gasteiger partial charge on any atom is -0.379 e. The number of carbonyl (C=O) groups is 2. The lowest BCUT2D eigenvalue weighted by molar-refractivity contribution is -0.113. The lowest BCUT2D eigenvalue weighted by Gasteiger charge is -2.26. The first kappa shape index (κ1) is 30.6. The van der Waals surface area contributed by atoms with Gasteiger partial charge in [0.25, 0.3) is 5.91 Å². The number of aromatic nitrogens is 3. The molecule has 0 atom stereocenters. The number of morpholine rings is 1. The van der Waals surface area contributed by atoms with E-state index >= 15 is 0 Å². The molecule has 0 aliphatic carbocycles. The van der Waals surface area contributed by atoms with Crippen molar-refractivity contribution in [3.63, 3.8) is 0 Å². The molecule has 2 N–H and O–H groups in total. The van der Waals surface area contributed by atoms with E-state index in [4.69, 9.17) is 16.3 Å². The normalized spacial score (nSPS) is 13.9. The summed E-state index contributed by atoms with van der Waals surface area (Å²) < 4.78 is 47.9. The lowest BCUT2D eigenvalue weighted by atomic mass is 10.2. The number of carbonyl (C=O) groups excluding carboxylic acids is 2.